The largest absolute Gasteiger partial charge is 0.497 e. The van der Waals surface area contributed by atoms with Crippen LogP contribution in [0.1, 0.15) is 34.8 Å². The molecule has 0 spiro atoms. The third-order valence-corrected chi connectivity index (χ3v) is 5.48. The number of hydrogen-bond donors (Lipinski definition) is 1. The van der Waals surface area contributed by atoms with Gasteiger partial charge in [0.2, 0.25) is 0 Å². The van der Waals surface area contributed by atoms with Gasteiger partial charge in [-0.2, -0.15) is 0 Å². The second kappa shape index (κ2) is 9.65. The van der Waals surface area contributed by atoms with Gasteiger partial charge in [-0.1, -0.05) is 12.1 Å². The second-order valence-electron chi connectivity index (χ2n) is 7.52. The van der Waals surface area contributed by atoms with Crippen LogP contribution in [0.4, 0.5) is 5.69 Å². The lowest BCUT2D eigenvalue weighted by atomic mass is 10.0. The van der Waals surface area contributed by atoms with E-state index in [4.69, 9.17) is 9.47 Å². The van der Waals surface area contributed by atoms with Gasteiger partial charge in [0.15, 0.2) is 0 Å². The van der Waals surface area contributed by atoms with E-state index in [1.54, 1.807) is 32.4 Å². The van der Waals surface area contributed by atoms with Crippen molar-refractivity contribution in [3.8, 4) is 11.5 Å². The predicted molar refractivity (Wildman–Crippen MR) is 116 cm³/mol. The van der Waals surface area contributed by atoms with Gasteiger partial charge in [-0.15, -0.1) is 0 Å². The van der Waals surface area contributed by atoms with Crippen LogP contribution < -0.4 is 19.7 Å². The quantitative estimate of drug-likeness (QED) is 0.740. The molecule has 29 heavy (non-hydrogen) atoms. The average Bonchev–Trinajstić information content (AvgIpc) is 3.28. The lowest BCUT2D eigenvalue weighted by Gasteiger charge is -2.28. The SMILES string of the molecule is COc1ccc(C(=O)NC[C@@H](c2ccc(N(C)C)cc2)N2CCCC2)c(OC)c1. The Labute approximate surface area is 173 Å². The van der Waals surface area contributed by atoms with Gasteiger partial charge in [-0.3, -0.25) is 9.69 Å². The maximum Gasteiger partial charge on any atom is 0.255 e. The molecule has 0 aliphatic carbocycles. The van der Waals surface area contributed by atoms with Crippen LogP contribution in [0.25, 0.3) is 0 Å². The highest BCUT2D eigenvalue weighted by molar-refractivity contribution is 5.97. The topological polar surface area (TPSA) is 54.0 Å². The van der Waals surface area contributed by atoms with Gasteiger partial charge < -0.3 is 19.7 Å². The first kappa shape index (κ1) is 21.0. The van der Waals surface area contributed by atoms with E-state index in [1.807, 2.05) is 14.1 Å². The van der Waals surface area contributed by atoms with E-state index in [2.05, 4.69) is 39.4 Å². The third kappa shape index (κ3) is 5.01. The lowest BCUT2D eigenvalue weighted by Crippen LogP contribution is -2.37. The maximum absolute atomic E-state index is 12.9. The number of benzene rings is 2. The van der Waals surface area contributed by atoms with Crippen molar-refractivity contribution < 1.29 is 14.3 Å². The molecule has 1 atom stereocenters. The molecular formula is C23H31N3O3. The fourth-order valence-corrected chi connectivity index (χ4v) is 3.78. The molecule has 0 bridgehead atoms. The molecule has 1 fully saturated rings. The summed E-state index contributed by atoms with van der Waals surface area (Å²) in [6.45, 7) is 2.67. The van der Waals surface area contributed by atoms with Crippen LogP contribution in [0.3, 0.4) is 0 Å². The molecular weight excluding hydrogens is 366 g/mol. The van der Waals surface area contributed by atoms with E-state index < -0.39 is 0 Å². The summed E-state index contributed by atoms with van der Waals surface area (Å²) in [5.74, 6) is 1.03. The van der Waals surface area contributed by atoms with Crippen LogP contribution >= 0.6 is 0 Å². The highest BCUT2D eigenvalue weighted by Crippen LogP contribution is 2.27. The zero-order valence-electron chi connectivity index (χ0n) is 17.8. The zero-order chi connectivity index (χ0) is 20.8. The van der Waals surface area contributed by atoms with Crippen molar-refractivity contribution in [2.24, 2.45) is 0 Å². The average molecular weight is 398 g/mol. The number of anilines is 1. The van der Waals surface area contributed by atoms with Crippen molar-refractivity contribution in [2.75, 3.05) is 52.8 Å². The van der Waals surface area contributed by atoms with Crippen molar-refractivity contribution in [3.63, 3.8) is 0 Å². The van der Waals surface area contributed by atoms with Gasteiger partial charge in [0.05, 0.1) is 25.8 Å². The molecule has 1 aliphatic rings. The highest BCUT2D eigenvalue weighted by Gasteiger charge is 2.25. The maximum atomic E-state index is 12.9. The number of hydrogen-bond acceptors (Lipinski definition) is 5. The molecule has 0 radical (unpaired) electrons. The number of ether oxygens (including phenoxy) is 2. The van der Waals surface area contributed by atoms with Crippen molar-refractivity contribution in [2.45, 2.75) is 18.9 Å². The molecule has 1 heterocycles. The molecule has 1 N–H and O–H groups in total. The number of nitrogens with one attached hydrogen (secondary N) is 1. The van der Waals surface area contributed by atoms with E-state index in [9.17, 15) is 4.79 Å². The Morgan fingerprint density at radius 2 is 1.76 bits per heavy atom. The minimum atomic E-state index is -0.140. The first-order chi connectivity index (χ1) is 14.0. The minimum Gasteiger partial charge on any atom is -0.497 e. The first-order valence-electron chi connectivity index (χ1n) is 10.0. The smallest absolute Gasteiger partial charge is 0.255 e. The van der Waals surface area contributed by atoms with Gasteiger partial charge in [0.1, 0.15) is 11.5 Å². The molecule has 0 saturated carbocycles. The molecule has 6 nitrogen and oxygen atoms in total. The van der Waals surface area contributed by atoms with Crippen LogP contribution in [0.5, 0.6) is 11.5 Å². The molecule has 156 valence electrons. The number of carbonyl (C=O) groups is 1. The second-order valence-corrected chi connectivity index (χ2v) is 7.52. The fraction of sp³-hybridized carbons (Fsp3) is 0.435. The Hall–Kier alpha value is -2.73. The van der Waals surface area contributed by atoms with E-state index in [-0.39, 0.29) is 11.9 Å². The summed E-state index contributed by atoms with van der Waals surface area (Å²) in [4.78, 5) is 17.4. The number of methoxy groups -OCH3 is 2. The number of amides is 1. The number of rotatable bonds is 8. The Balaban J connectivity index is 1.75. The van der Waals surface area contributed by atoms with Crippen molar-refractivity contribution in [1.29, 1.82) is 0 Å². The van der Waals surface area contributed by atoms with Crippen LogP contribution in [0, 0.1) is 0 Å². The summed E-state index contributed by atoms with van der Waals surface area (Å²) >= 11 is 0. The normalized spacial score (nSPS) is 15.0. The Morgan fingerprint density at radius 3 is 2.34 bits per heavy atom. The third-order valence-electron chi connectivity index (χ3n) is 5.48. The molecule has 2 aromatic carbocycles. The summed E-state index contributed by atoms with van der Waals surface area (Å²) in [6, 6.07) is 14.0. The summed E-state index contributed by atoms with van der Waals surface area (Å²) < 4.78 is 10.6. The van der Waals surface area contributed by atoms with Gasteiger partial charge in [-0.05, 0) is 55.8 Å². The molecule has 0 aromatic heterocycles. The lowest BCUT2D eigenvalue weighted by molar-refractivity contribution is 0.0935. The van der Waals surface area contributed by atoms with Crippen molar-refractivity contribution >= 4 is 11.6 Å². The van der Waals surface area contributed by atoms with Gasteiger partial charge in [0, 0.05) is 32.4 Å². The predicted octanol–water partition coefficient (Wildman–Crippen LogP) is 3.34. The summed E-state index contributed by atoms with van der Waals surface area (Å²) in [6.07, 6.45) is 2.40. The monoisotopic (exact) mass is 397 g/mol. The highest BCUT2D eigenvalue weighted by atomic mass is 16.5. The van der Waals surface area contributed by atoms with Crippen molar-refractivity contribution in [1.82, 2.24) is 10.2 Å². The molecule has 1 aliphatic heterocycles. The zero-order valence-corrected chi connectivity index (χ0v) is 17.8. The molecule has 6 heteroatoms. The Kier molecular flexibility index (Phi) is 6.99. The van der Waals surface area contributed by atoms with E-state index in [1.165, 1.54) is 24.1 Å². The van der Waals surface area contributed by atoms with E-state index in [0.29, 0.717) is 23.6 Å². The van der Waals surface area contributed by atoms with Crippen LogP contribution in [0.2, 0.25) is 0 Å². The molecule has 1 saturated heterocycles. The van der Waals surface area contributed by atoms with Crippen LogP contribution in [0.15, 0.2) is 42.5 Å². The van der Waals surface area contributed by atoms with Crippen LogP contribution in [-0.4, -0.2) is 58.8 Å². The van der Waals surface area contributed by atoms with E-state index >= 15 is 0 Å². The number of nitrogens with zero attached hydrogens (tertiary/aromatic N) is 2. The first-order valence-corrected chi connectivity index (χ1v) is 10.0. The molecule has 3 rings (SSSR count). The summed E-state index contributed by atoms with van der Waals surface area (Å²) in [5, 5.41) is 3.11. The summed E-state index contributed by atoms with van der Waals surface area (Å²) in [5.41, 5.74) is 2.90. The molecule has 0 unspecified atom stereocenters. The van der Waals surface area contributed by atoms with Gasteiger partial charge in [0.25, 0.3) is 5.91 Å². The van der Waals surface area contributed by atoms with Gasteiger partial charge in [-0.25, -0.2) is 0 Å². The molecule has 2 aromatic rings. The Morgan fingerprint density at radius 1 is 1.07 bits per heavy atom. The standard InChI is InChI=1S/C23H31N3O3/c1-25(2)18-9-7-17(8-10-18)21(26-13-5-6-14-26)16-24-23(27)20-12-11-19(28-3)15-22(20)29-4/h7-12,15,21H,5-6,13-14,16H2,1-4H3,(H,24,27)/t21-/m0/s1. The minimum absolute atomic E-state index is 0.140. The van der Waals surface area contributed by atoms with Crippen molar-refractivity contribution in [3.05, 3.63) is 53.6 Å². The van der Waals surface area contributed by atoms with Crippen LogP contribution in [-0.2, 0) is 0 Å². The number of carbonyl (C=O) groups excluding carboxylic acids is 1. The molecule has 1 amide bonds. The Bertz CT molecular complexity index is 815. The van der Waals surface area contributed by atoms with Gasteiger partial charge >= 0.3 is 0 Å². The fourth-order valence-electron chi connectivity index (χ4n) is 3.78. The summed E-state index contributed by atoms with van der Waals surface area (Å²) in [7, 11) is 7.23. The van der Waals surface area contributed by atoms with E-state index in [0.717, 1.165) is 13.1 Å². The number of likely N-dealkylation sites (tertiary alicyclic amines) is 1.